The number of rotatable bonds is 1. The molecule has 1 aromatic carbocycles. The van der Waals surface area contributed by atoms with Crippen LogP contribution < -0.4 is 4.90 Å². The Morgan fingerprint density at radius 2 is 1.77 bits per heavy atom. The molecule has 5 heteroatoms. The van der Waals surface area contributed by atoms with Gasteiger partial charge in [-0.1, -0.05) is 23.7 Å². The van der Waals surface area contributed by atoms with E-state index in [-0.39, 0.29) is 15.6 Å². The van der Waals surface area contributed by atoms with Gasteiger partial charge < -0.3 is 0 Å². The van der Waals surface area contributed by atoms with E-state index in [1.807, 2.05) is 0 Å². The molecule has 0 atom stereocenters. The van der Waals surface area contributed by atoms with Gasteiger partial charge in [0.2, 0.25) is 0 Å². The molecule has 1 aromatic rings. The van der Waals surface area contributed by atoms with E-state index < -0.39 is 6.30 Å². The smallest absolute Gasteiger partial charge is 0.286 e. The molecular formula is C8H7ClF3N. The van der Waals surface area contributed by atoms with Gasteiger partial charge in [-0.05, 0) is 12.1 Å². The monoisotopic (exact) mass is 209 g/mol. The summed E-state index contributed by atoms with van der Waals surface area (Å²) in [6, 6.07) is 5.81. The third-order valence-corrected chi connectivity index (χ3v) is 1.91. The molecule has 0 saturated carbocycles. The Kier molecular flexibility index (Phi) is 2.71. The van der Waals surface area contributed by atoms with Crippen molar-refractivity contribution in [3.05, 3.63) is 29.3 Å². The minimum atomic E-state index is -4.40. The van der Waals surface area contributed by atoms with Crippen molar-refractivity contribution in [2.24, 2.45) is 0 Å². The van der Waals surface area contributed by atoms with Crippen molar-refractivity contribution in [2.75, 3.05) is 11.9 Å². The molecule has 0 heterocycles. The Morgan fingerprint density at radius 1 is 1.23 bits per heavy atom. The zero-order valence-corrected chi connectivity index (χ0v) is 7.52. The van der Waals surface area contributed by atoms with Gasteiger partial charge in [0.15, 0.2) is 0 Å². The van der Waals surface area contributed by atoms with Crippen LogP contribution in [0.15, 0.2) is 24.3 Å². The van der Waals surface area contributed by atoms with E-state index in [4.69, 9.17) is 11.6 Å². The number of alkyl halides is 3. The fourth-order valence-corrected chi connectivity index (χ4v) is 1.12. The van der Waals surface area contributed by atoms with Crippen LogP contribution in [0.3, 0.4) is 0 Å². The molecule has 0 aliphatic carbocycles. The molecule has 0 unspecified atom stereocenters. The number of para-hydroxylation sites is 1. The summed E-state index contributed by atoms with van der Waals surface area (Å²) in [6.45, 7) is 0. The van der Waals surface area contributed by atoms with E-state index in [0.29, 0.717) is 0 Å². The number of hydrogen-bond acceptors (Lipinski definition) is 1. The molecular weight excluding hydrogens is 203 g/mol. The predicted octanol–water partition coefficient (Wildman–Crippen LogP) is 3.30. The molecule has 0 radical (unpaired) electrons. The number of benzene rings is 1. The highest BCUT2D eigenvalue weighted by atomic mass is 35.5. The molecule has 0 fully saturated rings. The highest BCUT2D eigenvalue weighted by molar-refractivity contribution is 6.33. The predicted molar refractivity (Wildman–Crippen MR) is 45.9 cm³/mol. The van der Waals surface area contributed by atoms with Crippen molar-refractivity contribution >= 4 is 17.3 Å². The number of hydrogen-bond donors (Lipinski definition) is 0. The van der Waals surface area contributed by atoms with E-state index in [1.165, 1.54) is 18.2 Å². The second-order valence-corrected chi connectivity index (χ2v) is 2.89. The lowest BCUT2D eigenvalue weighted by atomic mass is 10.3. The summed E-state index contributed by atoms with van der Waals surface area (Å²) in [5, 5.41) is 0.0855. The summed E-state index contributed by atoms with van der Waals surface area (Å²) in [5.74, 6) is 0. The van der Waals surface area contributed by atoms with Crippen LogP contribution in [0.1, 0.15) is 0 Å². The molecule has 0 amide bonds. The molecule has 0 aromatic heterocycles. The number of halogens is 4. The maximum absolute atomic E-state index is 12.2. The van der Waals surface area contributed by atoms with Gasteiger partial charge in [-0.3, -0.25) is 4.90 Å². The van der Waals surface area contributed by atoms with Crippen LogP contribution in [0.5, 0.6) is 0 Å². The lowest BCUT2D eigenvalue weighted by molar-refractivity contribution is -0.125. The quantitative estimate of drug-likeness (QED) is 0.642. The van der Waals surface area contributed by atoms with Crippen LogP contribution in [-0.2, 0) is 0 Å². The molecule has 0 spiro atoms. The van der Waals surface area contributed by atoms with Gasteiger partial charge in [-0.2, -0.15) is 13.2 Å². The van der Waals surface area contributed by atoms with Gasteiger partial charge in [-0.25, -0.2) is 0 Å². The van der Waals surface area contributed by atoms with E-state index >= 15 is 0 Å². The minimum Gasteiger partial charge on any atom is -0.286 e. The molecule has 0 aliphatic heterocycles. The second kappa shape index (κ2) is 3.46. The largest absolute Gasteiger partial charge is 0.484 e. The molecule has 13 heavy (non-hydrogen) atoms. The lowest BCUT2D eigenvalue weighted by Gasteiger charge is -2.22. The standard InChI is InChI=1S/C8H7ClF3N/c1-13(8(10,11)12)7-5-3-2-4-6(7)9/h2-5H,1H3. The molecule has 0 bridgehead atoms. The average molecular weight is 210 g/mol. The second-order valence-electron chi connectivity index (χ2n) is 2.48. The highest BCUT2D eigenvalue weighted by Crippen LogP contribution is 2.31. The molecule has 1 nitrogen and oxygen atoms in total. The van der Waals surface area contributed by atoms with Crippen molar-refractivity contribution < 1.29 is 13.2 Å². The Hall–Kier alpha value is -0.900. The van der Waals surface area contributed by atoms with Crippen LogP contribution in [0.4, 0.5) is 18.9 Å². The molecule has 1 rings (SSSR count). The first-order valence-corrected chi connectivity index (χ1v) is 3.86. The Balaban J connectivity index is 3.02. The zero-order valence-electron chi connectivity index (χ0n) is 6.77. The first-order chi connectivity index (χ1) is 5.93. The topological polar surface area (TPSA) is 3.24 Å². The third-order valence-electron chi connectivity index (χ3n) is 1.59. The first kappa shape index (κ1) is 10.2. The van der Waals surface area contributed by atoms with Gasteiger partial charge in [0.25, 0.3) is 0 Å². The number of nitrogens with zero attached hydrogens (tertiary/aromatic N) is 1. The average Bonchev–Trinajstić information content (AvgIpc) is 2.02. The fraction of sp³-hybridized carbons (Fsp3) is 0.250. The molecule has 0 saturated heterocycles. The van der Waals surface area contributed by atoms with Crippen LogP contribution in [-0.4, -0.2) is 13.3 Å². The summed E-state index contributed by atoms with van der Waals surface area (Å²) in [7, 11) is 0.932. The van der Waals surface area contributed by atoms with E-state index in [9.17, 15) is 13.2 Å². The molecule has 0 aliphatic rings. The van der Waals surface area contributed by atoms with Crippen molar-refractivity contribution in [1.29, 1.82) is 0 Å². The highest BCUT2D eigenvalue weighted by Gasteiger charge is 2.35. The van der Waals surface area contributed by atoms with E-state index in [2.05, 4.69) is 0 Å². The zero-order chi connectivity index (χ0) is 10.1. The van der Waals surface area contributed by atoms with Crippen molar-refractivity contribution in [3.8, 4) is 0 Å². The first-order valence-electron chi connectivity index (χ1n) is 3.48. The summed E-state index contributed by atoms with van der Waals surface area (Å²) in [5.41, 5.74) is -0.0448. The summed E-state index contributed by atoms with van der Waals surface area (Å²) in [4.78, 5) is 0.176. The molecule has 0 N–H and O–H groups in total. The third kappa shape index (κ3) is 2.28. The van der Waals surface area contributed by atoms with Gasteiger partial charge in [0.05, 0.1) is 10.7 Å². The Labute approximate surface area is 78.7 Å². The SMILES string of the molecule is CN(c1ccccc1Cl)C(F)(F)F. The maximum atomic E-state index is 12.2. The maximum Gasteiger partial charge on any atom is 0.484 e. The Morgan fingerprint density at radius 3 is 2.23 bits per heavy atom. The van der Waals surface area contributed by atoms with Crippen molar-refractivity contribution in [3.63, 3.8) is 0 Å². The fourth-order valence-electron chi connectivity index (χ4n) is 0.860. The molecule has 72 valence electrons. The van der Waals surface area contributed by atoms with E-state index in [1.54, 1.807) is 6.07 Å². The van der Waals surface area contributed by atoms with Crippen LogP contribution in [0.2, 0.25) is 5.02 Å². The van der Waals surface area contributed by atoms with E-state index in [0.717, 1.165) is 7.05 Å². The lowest BCUT2D eigenvalue weighted by Crippen LogP contribution is -2.34. The summed E-state index contributed by atoms with van der Waals surface area (Å²) >= 11 is 5.58. The van der Waals surface area contributed by atoms with Crippen molar-refractivity contribution in [1.82, 2.24) is 0 Å². The minimum absolute atomic E-state index is 0.0448. The Bertz CT molecular complexity index is 298. The van der Waals surface area contributed by atoms with Gasteiger partial charge in [0, 0.05) is 7.05 Å². The van der Waals surface area contributed by atoms with Crippen molar-refractivity contribution in [2.45, 2.75) is 6.30 Å². The summed E-state index contributed by atoms with van der Waals surface area (Å²) < 4.78 is 36.5. The van der Waals surface area contributed by atoms with Crippen LogP contribution >= 0.6 is 11.6 Å². The van der Waals surface area contributed by atoms with Gasteiger partial charge >= 0.3 is 6.30 Å². The number of anilines is 1. The van der Waals surface area contributed by atoms with Gasteiger partial charge in [-0.15, -0.1) is 0 Å². The summed E-state index contributed by atoms with van der Waals surface area (Å²) in [6.07, 6.45) is -4.40. The van der Waals surface area contributed by atoms with Gasteiger partial charge in [0.1, 0.15) is 0 Å². The van der Waals surface area contributed by atoms with Crippen LogP contribution in [0.25, 0.3) is 0 Å². The normalized spacial score (nSPS) is 11.5. The van der Waals surface area contributed by atoms with Crippen LogP contribution in [0, 0.1) is 0 Å².